The van der Waals surface area contributed by atoms with Crippen molar-refractivity contribution in [2.75, 3.05) is 0 Å². The number of hydrogen-bond donors (Lipinski definition) is 0. The van der Waals surface area contributed by atoms with Crippen LogP contribution in [0.5, 0.6) is 0 Å². The van der Waals surface area contributed by atoms with E-state index in [1.165, 1.54) is 0 Å². The van der Waals surface area contributed by atoms with Crippen LogP contribution in [0, 0.1) is 0 Å². The first-order chi connectivity index (χ1) is 30.6. The molecular weight excluding hydrogens is 761 g/mol. The van der Waals surface area contributed by atoms with Crippen LogP contribution in [-0.4, -0.2) is 35.7 Å². The molecule has 7 heteroatoms. The molecule has 0 unspecified atom stereocenters. The number of carbonyl (C=O) groups excluding carboxylic acids is 1. The van der Waals surface area contributed by atoms with Crippen molar-refractivity contribution in [3.05, 3.63) is 230 Å². The maximum Gasteiger partial charge on any atom is 0.267 e. The molecular formula is C55H36N6O. The first-order valence-electron chi connectivity index (χ1n) is 20.3. The van der Waals surface area contributed by atoms with Crippen molar-refractivity contribution in [1.82, 2.24) is 29.9 Å². The van der Waals surface area contributed by atoms with E-state index < -0.39 is 5.78 Å². The highest BCUT2D eigenvalue weighted by Gasteiger charge is 2.23. The Bertz CT molecular complexity index is 2780. The topological polar surface area (TPSA) is 94.4 Å². The van der Waals surface area contributed by atoms with E-state index in [0.29, 0.717) is 23.3 Å². The smallest absolute Gasteiger partial charge is 0.267 e. The van der Waals surface area contributed by atoms with Crippen molar-refractivity contribution in [3.63, 3.8) is 0 Å². The minimum Gasteiger partial charge on any atom is -0.281 e. The number of rotatable bonds is 10. The summed E-state index contributed by atoms with van der Waals surface area (Å²) in [6.45, 7) is 0. The third-order valence-electron chi connectivity index (χ3n) is 10.6. The van der Waals surface area contributed by atoms with Gasteiger partial charge in [0.25, 0.3) is 5.78 Å². The molecule has 10 aromatic rings. The predicted molar refractivity (Wildman–Crippen MR) is 247 cm³/mol. The Morgan fingerprint density at radius 1 is 0.226 bits per heavy atom. The van der Waals surface area contributed by atoms with Gasteiger partial charge in [0.05, 0.1) is 0 Å². The summed E-state index contributed by atoms with van der Waals surface area (Å²) < 4.78 is 0. The van der Waals surface area contributed by atoms with Gasteiger partial charge in [-0.25, -0.2) is 29.9 Å². The van der Waals surface area contributed by atoms with Gasteiger partial charge in [0.1, 0.15) is 0 Å². The highest BCUT2D eigenvalue weighted by Crippen LogP contribution is 2.31. The van der Waals surface area contributed by atoms with Crippen LogP contribution in [0.4, 0.5) is 0 Å². The van der Waals surface area contributed by atoms with Crippen LogP contribution in [0.3, 0.4) is 0 Å². The summed E-state index contributed by atoms with van der Waals surface area (Å²) in [6, 6.07) is 72.4. The maximum absolute atomic E-state index is 15.0. The standard InChI is InChI=1S/C55H36N6O/c62-49(54-58-50(45-29-13-25-41(33-45)37-17-5-1-6-18-37)56-51(59-54)46-30-14-26-42(34-46)38-19-7-2-8-20-38)55-60-52(47-31-15-27-43(35-47)39-21-9-3-10-22-39)57-53(61-55)48-32-16-28-44(36-48)40-23-11-4-12-24-40/h1-36H. The number of carbonyl (C=O) groups is 1. The van der Waals surface area contributed by atoms with Gasteiger partial charge in [0.2, 0.25) is 11.6 Å². The van der Waals surface area contributed by atoms with Gasteiger partial charge in [-0.1, -0.05) is 194 Å². The molecule has 10 rings (SSSR count). The Kier molecular flexibility index (Phi) is 10.3. The Balaban J connectivity index is 1.13. The van der Waals surface area contributed by atoms with Crippen molar-refractivity contribution in [2.24, 2.45) is 0 Å². The number of hydrogen-bond acceptors (Lipinski definition) is 7. The molecule has 0 radical (unpaired) electrons. The minimum atomic E-state index is -0.559. The summed E-state index contributed by atoms with van der Waals surface area (Å²) in [5.41, 5.74) is 11.1. The molecule has 0 spiro atoms. The molecule has 0 bridgehead atoms. The van der Waals surface area contributed by atoms with Crippen LogP contribution in [0.15, 0.2) is 218 Å². The van der Waals surface area contributed by atoms with Crippen molar-refractivity contribution in [3.8, 4) is 90.1 Å². The molecule has 0 saturated carbocycles. The summed E-state index contributed by atoms with van der Waals surface area (Å²) in [7, 11) is 0. The van der Waals surface area contributed by atoms with Gasteiger partial charge in [-0.15, -0.1) is 0 Å². The molecule has 0 amide bonds. The average Bonchev–Trinajstić information content (AvgIpc) is 3.37. The summed E-state index contributed by atoms with van der Waals surface area (Å²) in [5, 5.41) is 0. The van der Waals surface area contributed by atoms with E-state index in [1.807, 2.05) is 170 Å². The van der Waals surface area contributed by atoms with E-state index in [0.717, 1.165) is 66.8 Å². The van der Waals surface area contributed by atoms with Crippen LogP contribution in [-0.2, 0) is 0 Å². The number of aromatic nitrogens is 6. The van der Waals surface area contributed by atoms with Crippen LogP contribution >= 0.6 is 0 Å². The first kappa shape index (κ1) is 37.7. The Morgan fingerprint density at radius 3 is 0.677 bits per heavy atom. The summed E-state index contributed by atoms with van der Waals surface area (Å²) in [4.78, 5) is 44.5. The fourth-order valence-electron chi connectivity index (χ4n) is 7.45. The van der Waals surface area contributed by atoms with Gasteiger partial charge in [-0.05, 0) is 68.8 Å². The number of benzene rings is 8. The highest BCUT2D eigenvalue weighted by molar-refractivity contribution is 6.04. The fourth-order valence-corrected chi connectivity index (χ4v) is 7.45. The molecule has 2 aromatic heterocycles. The molecule has 0 N–H and O–H groups in total. The second-order valence-electron chi connectivity index (χ2n) is 14.7. The van der Waals surface area contributed by atoms with Gasteiger partial charge < -0.3 is 0 Å². The molecule has 0 aliphatic carbocycles. The van der Waals surface area contributed by atoms with Crippen LogP contribution in [0.1, 0.15) is 16.4 Å². The first-order valence-corrected chi connectivity index (χ1v) is 20.3. The van der Waals surface area contributed by atoms with E-state index in [-0.39, 0.29) is 11.6 Å². The van der Waals surface area contributed by atoms with Gasteiger partial charge in [-0.2, -0.15) is 0 Å². The molecule has 2 heterocycles. The quantitative estimate of drug-likeness (QED) is 0.127. The van der Waals surface area contributed by atoms with Gasteiger partial charge in [0.15, 0.2) is 23.3 Å². The zero-order valence-electron chi connectivity index (χ0n) is 33.4. The summed E-state index contributed by atoms with van der Waals surface area (Å²) in [5.74, 6) is 0.669. The SMILES string of the molecule is O=C(c1nc(-c2cccc(-c3ccccc3)c2)nc(-c2cccc(-c3ccccc3)c2)n1)c1nc(-c2cccc(-c3ccccc3)c2)nc(-c2cccc(-c3ccccc3)c2)n1. The van der Waals surface area contributed by atoms with E-state index in [2.05, 4.69) is 48.5 Å². The average molecular weight is 797 g/mol. The molecule has 0 saturated heterocycles. The number of ketones is 1. The van der Waals surface area contributed by atoms with Crippen LogP contribution in [0.2, 0.25) is 0 Å². The molecule has 0 aliphatic rings. The van der Waals surface area contributed by atoms with Gasteiger partial charge in [-0.3, -0.25) is 4.79 Å². The lowest BCUT2D eigenvalue weighted by atomic mass is 10.0. The Morgan fingerprint density at radius 2 is 0.435 bits per heavy atom. The Hall–Kier alpha value is -8.55. The zero-order chi connectivity index (χ0) is 41.7. The molecule has 0 aliphatic heterocycles. The van der Waals surface area contributed by atoms with E-state index in [4.69, 9.17) is 29.9 Å². The van der Waals surface area contributed by atoms with E-state index in [1.54, 1.807) is 0 Å². The van der Waals surface area contributed by atoms with Crippen LogP contribution < -0.4 is 0 Å². The third kappa shape index (κ3) is 8.06. The highest BCUT2D eigenvalue weighted by atomic mass is 16.1. The van der Waals surface area contributed by atoms with Crippen LogP contribution in [0.25, 0.3) is 90.1 Å². The van der Waals surface area contributed by atoms with Crippen molar-refractivity contribution in [2.45, 2.75) is 0 Å². The third-order valence-corrected chi connectivity index (χ3v) is 10.6. The fraction of sp³-hybridized carbons (Fsp3) is 0. The molecule has 0 fully saturated rings. The maximum atomic E-state index is 15.0. The monoisotopic (exact) mass is 796 g/mol. The molecule has 0 atom stereocenters. The van der Waals surface area contributed by atoms with Gasteiger partial charge in [0, 0.05) is 22.3 Å². The lowest BCUT2D eigenvalue weighted by molar-refractivity contribution is 0.101. The van der Waals surface area contributed by atoms with E-state index >= 15 is 4.79 Å². The minimum absolute atomic E-state index is 0.0839. The molecule has 62 heavy (non-hydrogen) atoms. The van der Waals surface area contributed by atoms with Gasteiger partial charge >= 0.3 is 0 Å². The molecule has 292 valence electrons. The lowest BCUT2D eigenvalue weighted by Crippen LogP contribution is -2.15. The second-order valence-corrected chi connectivity index (χ2v) is 14.7. The van der Waals surface area contributed by atoms with Crippen molar-refractivity contribution < 1.29 is 4.79 Å². The summed E-state index contributed by atoms with van der Waals surface area (Å²) in [6.07, 6.45) is 0. The summed E-state index contributed by atoms with van der Waals surface area (Å²) >= 11 is 0. The normalized spacial score (nSPS) is 11.0. The molecule has 7 nitrogen and oxygen atoms in total. The van der Waals surface area contributed by atoms with Crippen molar-refractivity contribution >= 4 is 5.78 Å². The second kappa shape index (κ2) is 17.0. The lowest BCUT2D eigenvalue weighted by Gasteiger charge is -2.11. The largest absolute Gasteiger partial charge is 0.281 e. The predicted octanol–water partition coefficient (Wildman–Crippen LogP) is 12.6. The number of nitrogens with zero attached hydrogens (tertiary/aromatic N) is 6. The van der Waals surface area contributed by atoms with E-state index in [9.17, 15) is 0 Å². The van der Waals surface area contributed by atoms with Crippen molar-refractivity contribution in [1.29, 1.82) is 0 Å². The molecule has 8 aromatic carbocycles. The Labute approximate surface area is 359 Å². The zero-order valence-corrected chi connectivity index (χ0v) is 33.4.